The van der Waals surface area contributed by atoms with Gasteiger partial charge < -0.3 is 14.5 Å². The van der Waals surface area contributed by atoms with Gasteiger partial charge in [0.2, 0.25) is 0 Å². The number of nitrogens with zero attached hydrogens (tertiary/aromatic N) is 3. The van der Waals surface area contributed by atoms with Crippen LogP contribution in [0.15, 0.2) is 52.1 Å². The summed E-state index contributed by atoms with van der Waals surface area (Å²) in [4.78, 5) is 17.1. The second-order valence-electron chi connectivity index (χ2n) is 5.53. The van der Waals surface area contributed by atoms with E-state index in [1.807, 2.05) is 26.0 Å². The second-order valence-corrected chi connectivity index (χ2v) is 6.54. The highest BCUT2D eigenvalue weighted by atomic mass is 32.2. The van der Waals surface area contributed by atoms with Crippen molar-refractivity contribution in [3.8, 4) is 0 Å². The lowest BCUT2D eigenvalue weighted by molar-refractivity contribution is -0.620. The van der Waals surface area contributed by atoms with Crippen molar-refractivity contribution in [2.75, 3.05) is 0 Å². The maximum absolute atomic E-state index is 12.4. The summed E-state index contributed by atoms with van der Waals surface area (Å²) in [5.74, 6) is 1.02. The quantitative estimate of drug-likeness (QED) is 0.285. The fraction of sp³-hybridized carbons (Fsp3) is 0.222. The van der Waals surface area contributed by atoms with Gasteiger partial charge in [-0.15, -0.1) is 11.8 Å². The highest BCUT2D eigenvalue weighted by Crippen LogP contribution is 2.29. The van der Waals surface area contributed by atoms with Crippen LogP contribution < -0.4 is 4.73 Å². The van der Waals surface area contributed by atoms with Crippen molar-refractivity contribution in [2.24, 2.45) is 0 Å². The van der Waals surface area contributed by atoms with Crippen LogP contribution >= 0.6 is 11.8 Å². The molecule has 0 aliphatic rings. The lowest BCUT2D eigenvalue weighted by atomic mass is 10.2. The second kappa shape index (κ2) is 8.01. The van der Waals surface area contributed by atoms with Crippen LogP contribution in [0.25, 0.3) is 0 Å². The molecular formula is C18H17N3O4S. The van der Waals surface area contributed by atoms with Crippen molar-refractivity contribution in [1.29, 1.82) is 0 Å². The minimum absolute atomic E-state index is 0.127. The van der Waals surface area contributed by atoms with Crippen LogP contribution in [0, 0.1) is 19.1 Å². The number of rotatable bonds is 6. The van der Waals surface area contributed by atoms with E-state index in [9.17, 15) is 10.0 Å². The van der Waals surface area contributed by atoms with Crippen LogP contribution in [0.4, 0.5) is 0 Å². The Labute approximate surface area is 154 Å². The van der Waals surface area contributed by atoms with Crippen LogP contribution in [0.3, 0.4) is 0 Å². The standard InChI is InChI=1S/C18H17N3O4S/c1-12-15(13(2)25-20-12)11-26-16-7-4-3-6-14(16)18(22)24-10-17-19-8-5-9-21(17)23/h3-9H,10-11H2,1-2H3. The summed E-state index contributed by atoms with van der Waals surface area (Å²) >= 11 is 1.50. The number of benzene rings is 1. The first-order chi connectivity index (χ1) is 12.6. The van der Waals surface area contributed by atoms with Gasteiger partial charge in [-0.1, -0.05) is 17.3 Å². The summed E-state index contributed by atoms with van der Waals surface area (Å²) in [6, 6.07) is 8.69. The van der Waals surface area contributed by atoms with E-state index >= 15 is 0 Å². The van der Waals surface area contributed by atoms with Gasteiger partial charge in [-0.2, -0.15) is 0 Å². The molecule has 2 aromatic heterocycles. The molecule has 0 atom stereocenters. The van der Waals surface area contributed by atoms with Crippen LogP contribution in [0.1, 0.15) is 33.2 Å². The number of esters is 1. The third-order valence-electron chi connectivity index (χ3n) is 3.78. The fourth-order valence-corrected chi connectivity index (χ4v) is 3.51. The number of hydrogen-bond acceptors (Lipinski definition) is 7. The van der Waals surface area contributed by atoms with Gasteiger partial charge in [-0.05, 0) is 31.0 Å². The number of hydrogen-bond donors (Lipinski definition) is 0. The molecule has 134 valence electrons. The average Bonchev–Trinajstić information content (AvgIpc) is 2.97. The van der Waals surface area contributed by atoms with Crippen molar-refractivity contribution in [3.63, 3.8) is 0 Å². The Morgan fingerprint density at radius 3 is 2.85 bits per heavy atom. The minimum Gasteiger partial charge on any atom is -0.711 e. The van der Waals surface area contributed by atoms with Gasteiger partial charge in [0.25, 0.3) is 0 Å². The van der Waals surface area contributed by atoms with Gasteiger partial charge >= 0.3 is 11.8 Å². The monoisotopic (exact) mass is 371 g/mol. The van der Waals surface area contributed by atoms with Crippen LogP contribution in [0.2, 0.25) is 0 Å². The Morgan fingerprint density at radius 2 is 2.12 bits per heavy atom. The summed E-state index contributed by atoms with van der Waals surface area (Å²) in [5, 5.41) is 15.5. The van der Waals surface area contributed by atoms with Gasteiger partial charge in [-0.25, -0.2) is 9.52 Å². The number of ether oxygens (including phenoxy) is 1. The average molecular weight is 371 g/mol. The predicted molar refractivity (Wildman–Crippen MR) is 94.3 cm³/mol. The largest absolute Gasteiger partial charge is 0.711 e. The molecule has 0 saturated carbocycles. The third kappa shape index (κ3) is 4.02. The number of carbonyl (C=O) groups is 1. The first-order valence-corrected chi connectivity index (χ1v) is 8.88. The first-order valence-electron chi connectivity index (χ1n) is 7.90. The summed E-state index contributed by atoms with van der Waals surface area (Å²) in [5.41, 5.74) is 2.29. The van der Waals surface area contributed by atoms with Crippen molar-refractivity contribution in [3.05, 3.63) is 76.3 Å². The molecule has 7 nitrogen and oxygen atoms in total. The van der Waals surface area contributed by atoms with Crippen LogP contribution in [0.5, 0.6) is 0 Å². The smallest absolute Gasteiger partial charge is 0.339 e. The van der Waals surface area contributed by atoms with E-state index in [0.29, 0.717) is 16.0 Å². The molecule has 0 spiro atoms. The van der Waals surface area contributed by atoms with E-state index in [0.717, 1.165) is 21.9 Å². The topological polar surface area (TPSA) is 92.2 Å². The zero-order valence-electron chi connectivity index (χ0n) is 14.3. The van der Waals surface area contributed by atoms with Crippen molar-refractivity contribution in [1.82, 2.24) is 10.1 Å². The molecule has 3 aromatic rings. The Hall–Kier alpha value is -2.87. The highest BCUT2D eigenvalue weighted by molar-refractivity contribution is 7.98. The maximum Gasteiger partial charge on any atom is 0.339 e. The Balaban J connectivity index is 1.70. The molecule has 8 heteroatoms. The normalized spacial score (nSPS) is 10.7. The number of thioether (sulfide) groups is 1. The SMILES string of the molecule is Cc1noc(C)c1CSc1ccccc1C(=O)OCc1nccc[n+]1[O-]. The van der Waals surface area contributed by atoms with Gasteiger partial charge in [-0.3, -0.25) is 0 Å². The van der Waals surface area contributed by atoms with Gasteiger partial charge in [0, 0.05) is 22.3 Å². The molecule has 0 amide bonds. The Morgan fingerprint density at radius 1 is 1.31 bits per heavy atom. The number of carbonyl (C=O) groups excluding carboxylic acids is 1. The molecular weight excluding hydrogens is 354 g/mol. The summed E-state index contributed by atoms with van der Waals surface area (Å²) < 4.78 is 11.0. The van der Waals surface area contributed by atoms with E-state index in [2.05, 4.69) is 10.1 Å². The third-order valence-corrected chi connectivity index (χ3v) is 4.88. The van der Waals surface area contributed by atoms with Crippen LogP contribution in [-0.4, -0.2) is 16.1 Å². The van der Waals surface area contributed by atoms with Gasteiger partial charge in [0.15, 0.2) is 6.61 Å². The fourth-order valence-electron chi connectivity index (χ4n) is 2.32. The van der Waals surface area contributed by atoms with E-state index < -0.39 is 5.97 Å². The molecule has 0 N–H and O–H groups in total. The number of aromatic nitrogens is 3. The molecule has 0 bridgehead atoms. The molecule has 3 rings (SSSR count). The summed E-state index contributed by atoms with van der Waals surface area (Å²) in [6.45, 7) is 3.56. The molecule has 0 unspecified atom stereocenters. The Bertz CT molecular complexity index is 907. The van der Waals surface area contributed by atoms with Crippen molar-refractivity contribution < 1.29 is 18.8 Å². The Kier molecular flexibility index (Phi) is 5.52. The predicted octanol–water partition coefficient (Wildman–Crippen LogP) is 2.97. The molecule has 2 heterocycles. The van der Waals surface area contributed by atoms with E-state index in [-0.39, 0.29) is 12.4 Å². The molecule has 0 aliphatic heterocycles. The van der Waals surface area contributed by atoms with E-state index in [1.165, 1.54) is 30.2 Å². The highest BCUT2D eigenvalue weighted by Gasteiger charge is 2.17. The molecule has 1 aromatic carbocycles. The van der Waals surface area contributed by atoms with Crippen LogP contribution in [-0.2, 0) is 17.1 Å². The zero-order chi connectivity index (χ0) is 18.5. The lowest BCUT2D eigenvalue weighted by Gasteiger charge is -2.09. The van der Waals surface area contributed by atoms with Gasteiger partial charge in [0.05, 0.1) is 17.5 Å². The first kappa shape index (κ1) is 17.9. The minimum atomic E-state index is -0.502. The van der Waals surface area contributed by atoms with E-state index in [4.69, 9.17) is 9.26 Å². The van der Waals surface area contributed by atoms with Crippen molar-refractivity contribution in [2.45, 2.75) is 31.1 Å². The molecule has 0 saturated heterocycles. The molecule has 0 aliphatic carbocycles. The van der Waals surface area contributed by atoms with E-state index in [1.54, 1.807) is 12.1 Å². The molecule has 0 fully saturated rings. The molecule has 0 radical (unpaired) electrons. The lowest BCUT2D eigenvalue weighted by Crippen LogP contribution is -2.33. The van der Waals surface area contributed by atoms with Gasteiger partial charge in [0.1, 0.15) is 12.0 Å². The zero-order valence-corrected chi connectivity index (χ0v) is 15.2. The van der Waals surface area contributed by atoms with Crippen molar-refractivity contribution >= 4 is 17.7 Å². The summed E-state index contributed by atoms with van der Waals surface area (Å²) in [6.07, 6.45) is 2.79. The number of aryl methyl sites for hydroxylation is 2. The molecule has 26 heavy (non-hydrogen) atoms. The maximum atomic E-state index is 12.4. The summed E-state index contributed by atoms with van der Waals surface area (Å²) in [7, 11) is 0.